The zero-order valence-corrected chi connectivity index (χ0v) is 18.7. The second-order valence-electron chi connectivity index (χ2n) is 7.59. The van der Waals surface area contributed by atoms with Crippen molar-refractivity contribution < 1.29 is 24.0 Å². The summed E-state index contributed by atoms with van der Waals surface area (Å²) in [5, 5.41) is 16.0. The lowest BCUT2D eigenvalue weighted by molar-refractivity contribution is -0.384. The van der Waals surface area contributed by atoms with Crippen LogP contribution < -0.4 is 10.6 Å². The highest BCUT2D eigenvalue weighted by atomic mass is 32.1. The van der Waals surface area contributed by atoms with Crippen LogP contribution in [-0.4, -0.2) is 58.5 Å². The summed E-state index contributed by atoms with van der Waals surface area (Å²) < 4.78 is 5.19. The largest absolute Gasteiger partial charge is 0.466 e. The van der Waals surface area contributed by atoms with Crippen molar-refractivity contribution in [3.63, 3.8) is 0 Å². The second kappa shape index (κ2) is 11.9. The molecular formula is C21H26N4O6S. The van der Waals surface area contributed by atoms with E-state index in [4.69, 9.17) is 17.0 Å². The molecule has 0 aromatic heterocycles. The Morgan fingerprint density at radius 2 is 2.19 bits per heavy atom. The van der Waals surface area contributed by atoms with E-state index < -0.39 is 22.8 Å². The number of nitro benzene ring substituents is 1. The fraction of sp³-hybridized carbons (Fsp3) is 0.429. The second-order valence-corrected chi connectivity index (χ2v) is 7.97. The van der Waals surface area contributed by atoms with Crippen LogP contribution in [0.4, 0.5) is 5.69 Å². The molecule has 2 amide bonds. The molecule has 1 heterocycles. The zero-order valence-electron chi connectivity index (χ0n) is 17.9. The first-order valence-electron chi connectivity index (χ1n) is 10.1. The van der Waals surface area contributed by atoms with Gasteiger partial charge in [0.25, 0.3) is 5.69 Å². The molecule has 1 fully saturated rings. The fourth-order valence-corrected chi connectivity index (χ4v) is 3.24. The number of nitro groups is 1. The van der Waals surface area contributed by atoms with Crippen LogP contribution in [0.25, 0.3) is 6.08 Å². The summed E-state index contributed by atoms with van der Waals surface area (Å²) in [5.41, 5.74) is 0.380. The maximum atomic E-state index is 12.3. The third-order valence-corrected chi connectivity index (χ3v) is 4.98. The number of nitrogens with zero attached hydrogens (tertiary/aromatic N) is 2. The van der Waals surface area contributed by atoms with E-state index in [0.29, 0.717) is 24.6 Å². The van der Waals surface area contributed by atoms with E-state index in [9.17, 15) is 24.5 Å². The standard InChI is InChI=1S/C21H26N4O6S/c1-14(2)8-11-31-19(27)13-17-20(28)22-9-10-24(17)21(32)23-18(26)7-6-15-4-3-5-16(12-15)25(29)30/h3-7,12,14,17H,8-11,13H2,1-2H3,(H,22,28)(H,23,26,32)/b7-6+. The Labute approximate surface area is 191 Å². The van der Waals surface area contributed by atoms with Crippen molar-refractivity contribution in [3.05, 3.63) is 46.0 Å². The highest BCUT2D eigenvalue weighted by molar-refractivity contribution is 7.80. The van der Waals surface area contributed by atoms with Crippen LogP contribution in [0.5, 0.6) is 0 Å². The molecule has 0 radical (unpaired) electrons. The van der Waals surface area contributed by atoms with Gasteiger partial charge in [0.1, 0.15) is 6.04 Å². The maximum Gasteiger partial charge on any atom is 0.308 e. The predicted octanol–water partition coefficient (Wildman–Crippen LogP) is 1.79. The molecule has 1 aromatic carbocycles. The molecule has 0 bridgehead atoms. The Kier molecular flexibility index (Phi) is 9.26. The van der Waals surface area contributed by atoms with Crippen molar-refractivity contribution in [2.75, 3.05) is 19.7 Å². The molecular weight excluding hydrogens is 436 g/mol. The number of nitrogens with one attached hydrogen (secondary N) is 2. The van der Waals surface area contributed by atoms with E-state index in [1.165, 1.54) is 35.3 Å². The third kappa shape index (κ3) is 7.73. The van der Waals surface area contributed by atoms with Gasteiger partial charge in [0.05, 0.1) is 18.0 Å². The van der Waals surface area contributed by atoms with Crippen molar-refractivity contribution in [1.82, 2.24) is 15.5 Å². The normalized spacial score (nSPS) is 16.0. The Hall–Kier alpha value is -3.34. The molecule has 0 saturated carbocycles. The van der Waals surface area contributed by atoms with Crippen molar-refractivity contribution >= 4 is 46.9 Å². The molecule has 10 nitrogen and oxygen atoms in total. The quantitative estimate of drug-likeness (QED) is 0.197. The molecule has 2 rings (SSSR count). The number of non-ortho nitro benzene ring substituents is 1. The molecule has 11 heteroatoms. The number of benzene rings is 1. The van der Waals surface area contributed by atoms with E-state index >= 15 is 0 Å². The topological polar surface area (TPSA) is 131 Å². The van der Waals surface area contributed by atoms with Gasteiger partial charge in [-0.3, -0.25) is 29.8 Å². The van der Waals surface area contributed by atoms with Crippen molar-refractivity contribution in [2.45, 2.75) is 32.7 Å². The number of piperazine rings is 1. The monoisotopic (exact) mass is 462 g/mol. The van der Waals surface area contributed by atoms with Crippen molar-refractivity contribution in [1.29, 1.82) is 0 Å². The minimum Gasteiger partial charge on any atom is -0.466 e. The van der Waals surface area contributed by atoms with Crippen LogP contribution in [-0.2, 0) is 19.1 Å². The summed E-state index contributed by atoms with van der Waals surface area (Å²) in [4.78, 5) is 48.5. The van der Waals surface area contributed by atoms with E-state index in [0.717, 1.165) is 6.42 Å². The van der Waals surface area contributed by atoms with Crippen molar-refractivity contribution in [2.24, 2.45) is 5.92 Å². The molecule has 1 saturated heterocycles. The minimum atomic E-state index is -0.885. The molecule has 172 valence electrons. The average molecular weight is 463 g/mol. The van der Waals surface area contributed by atoms with Crippen LogP contribution in [0.1, 0.15) is 32.3 Å². The average Bonchev–Trinajstić information content (AvgIpc) is 2.73. The van der Waals surface area contributed by atoms with E-state index in [1.54, 1.807) is 6.07 Å². The Morgan fingerprint density at radius 1 is 1.44 bits per heavy atom. The minimum absolute atomic E-state index is 0.00789. The summed E-state index contributed by atoms with van der Waals surface area (Å²) in [6.07, 6.45) is 3.13. The van der Waals surface area contributed by atoms with Crippen LogP contribution in [0.15, 0.2) is 30.3 Å². The van der Waals surface area contributed by atoms with Gasteiger partial charge < -0.3 is 15.0 Å². The van der Waals surface area contributed by atoms with Crippen LogP contribution in [0, 0.1) is 16.0 Å². The zero-order chi connectivity index (χ0) is 23.7. The van der Waals surface area contributed by atoms with Gasteiger partial charge in [-0.05, 0) is 36.2 Å². The summed E-state index contributed by atoms with van der Waals surface area (Å²) in [6, 6.07) is 4.92. The molecule has 1 unspecified atom stereocenters. The van der Waals surface area contributed by atoms with Gasteiger partial charge in [0.2, 0.25) is 11.8 Å². The summed E-state index contributed by atoms with van der Waals surface area (Å²) in [6.45, 7) is 4.94. The van der Waals surface area contributed by atoms with Gasteiger partial charge >= 0.3 is 5.97 Å². The summed E-state index contributed by atoms with van der Waals surface area (Å²) >= 11 is 5.28. The summed E-state index contributed by atoms with van der Waals surface area (Å²) in [7, 11) is 0. The molecule has 32 heavy (non-hydrogen) atoms. The molecule has 1 aliphatic rings. The number of hydrogen-bond donors (Lipinski definition) is 2. The number of thiocarbonyl (C=S) groups is 1. The number of rotatable bonds is 8. The van der Waals surface area contributed by atoms with E-state index in [-0.39, 0.29) is 29.7 Å². The number of amides is 2. The molecule has 1 aromatic rings. The maximum absolute atomic E-state index is 12.3. The number of ether oxygens (including phenoxy) is 1. The Bertz CT molecular complexity index is 917. The first-order valence-corrected chi connectivity index (χ1v) is 10.6. The molecule has 2 N–H and O–H groups in total. The lowest BCUT2D eigenvalue weighted by atomic mass is 10.1. The fourth-order valence-electron chi connectivity index (χ4n) is 2.92. The SMILES string of the molecule is CC(C)CCOC(=O)CC1C(=O)NCCN1C(=S)NC(=O)/C=C/c1cccc([N+](=O)[O-])c1. The smallest absolute Gasteiger partial charge is 0.308 e. The Balaban J connectivity index is 1.97. The van der Waals surface area contributed by atoms with E-state index in [1.807, 2.05) is 13.8 Å². The van der Waals surface area contributed by atoms with Crippen molar-refractivity contribution in [3.8, 4) is 0 Å². The summed E-state index contributed by atoms with van der Waals surface area (Å²) in [5.74, 6) is -1.07. The van der Waals surface area contributed by atoms with Gasteiger partial charge in [-0.15, -0.1) is 0 Å². The van der Waals surface area contributed by atoms with Crippen LogP contribution >= 0.6 is 12.2 Å². The van der Waals surface area contributed by atoms with Gasteiger partial charge in [-0.25, -0.2) is 0 Å². The number of hydrogen-bond acceptors (Lipinski definition) is 7. The first kappa shape index (κ1) is 24.9. The molecule has 1 atom stereocenters. The number of carbonyl (C=O) groups is 3. The number of esters is 1. The third-order valence-electron chi connectivity index (χ3n) is 4.65. The Morgan fingerprint density at radius 3 is 2.88 bits per heavy atom. The van der Waals surface area contributed by atoms with Gasteiger partial charge in [-0.1, -0.05) is 26.0 Å². The molecule has 0 aliphatic carbocycles. The van der Waals surface area contributed by atoms with E-state index in [2.05, 4.69) is 10.6 Å². The molecule has 0 spiro atoms. The lowest BCUT2D eigenvalue weighted by Crippen LogP contribution is -2.60. The highest BCUT2D eigenvalue weighted by Gasteiger charge is 2.34. The van der Waals surface area contributed by atoms with Crippen LogP contribution in [0.2, 0.25) is 0 Å². The van der Waals surface area contributed by atoms with Gasteiger partial charge in [0, 0.05) is 31.3 Å². The highest BCUT2D eigenvalue weighted by Crippen LogP contribution is 2.14. The lowest BCUT2D eigenvalue weighted by Gasteiger charge is -2.36. The van der Waals surface area contributed by atoms with Gasteiger partial charge in [0.15, 0.2) is 5.11 Å². The van der Waals surface area contributed by atoms with Crippen LogP contribution in [0.3, 0.4) is 0 Å². The first-order chi connectivity index (χ1) is 15.2. The van der Waals surface area contributed by atoms with Gasteiger partial charge in [-0.2, -0.15) is 0 Å². The predicted molar refractivity (Wildman–Crippen MR) is 121 cm³/mol. The molecule has 1 aliphatic heterocycles. The number of carbonyl (C=O) groups excluding carboxylic acids is 3.